The van der Waals surface area contributed by atoms with E-state index in [4.69, 9.17) is 25.8 Å². The van der Waals surface area contributed by atoms with E-state index in [0.29, 0.717) is 34.3 Å². The van der Waals surface area contributed by atoms with Crippen molar-refractivity contribution in [1.29, 1.82) is 0 Å². The fourth-order valence-electron chi connectivity index (χ4n) is 3.62. The molecule has 2 aromatic rings. The highest BCUT2D eigenvalue weighted by atomic mass is 35.5. The van der Waals surface area contributed by atoms with Crippen LogP contribution in [0.5, 0.6) is 5.75 Å². The molecule has 0 spiro atoms. The number of amides is 1. The van der Waals surface area contributed by atoms with Crippen molar-refractivity contribution in [2.75, 3.05) is 20.8 Å². The molecular formula is C20H25ClN2O4S. The number of aromatic nitrogens is 1. The standard InChI is InChI=1S/C20H25ClN2O4S/c1-19(2)15-16(20(3,4)27-19)28-18(23(15)9-10-25-5)22-17(24)13-11-12(21)7-8-14(13)26-6/h7-8,11H,9-10H2,1-6H3. The molecule has 1 aromatic heterocycles. The first-order valence-electron chi connectivity index (χ1n) is 8.97. The Morgan fingerprint density at radius 3 is 2.61 bits per heavy atom. The minimum absolute atomic E-state index is 0.330. The summed E-state index contributed by atoms with van der Waals surface area (Å²) in [6.45, 7) is 9.20. The van der Waals surface area contributed by atoms with Crippen LogP contribution in [0.2, 0.25) is 5.02 Å². The van der Waals surface area contributed by atoms with E-state index < -0.39 is 17.1 Å². The lowest BCUT2D eigenvalue weighted by molar-refractivity contribution is -0.106. The molecule has 2 heterocycles. The van der Waals surface area contributed by atoms with Gasteiger partial charge < -0.3 is 18.8 Å². The average Bonchev–Trinajstić information content (AvgIpc) is 3.06. The van der Waals surface area contributed by atoms with Crippen molar-refractivity contribution in [3.63, 3.8) is 0 Å². The van der Waals surface area contributed by atoms with Gasteiger partial charge >= 0.3 is 0 Å². The number of carbonyl (C=O) groups is 1. The minimum Gasteiger partial charge on any atom is -0.496 e. The normalized spacial score (nSPS) is 17.6. The Labute approximate surface area is 173 Å². The number of halogens is 1. The molecule has 3 rings (SSSR count). The molecule has 0 unspecified atom stereocenters. The lowest BCUT2D eigenvalue weighted by Crippen LogP contribution is -2.30. The van der Waals surface area contributed by atoms with Crippen LogP contribution in [0.4, 0.5) is 0 Å². The molecule has 0 saturated heterocycles. The zero-order chi connectivity index (χ0) is 20.7. The third kappa shape index (κ3) is 3.76. The van der Waals surface area contributed by atoms with Gasteiger partial charge in [-0.2, -0.15) is 4.99 Å². The van der Waals surface area contributed by atoms with Crippen LogP contribution < -0.4 is 9.54 Å². The van der Waals surface area contributed by atoms with Crippen LogP contribution in [0.25, 0.3) is 0 Å². The van der Waals surface area contributed by atoms with Gasteiger partial charge in [-0.1, -0.05) is 22.9 Å². The Morgan fingerprint density at radius 1 is 1.25 bits per heavy atom. The van der Waals surface area contributed by atoms with E-state index in [0.717, 1.165) is 10.6 Å². The second kappa shape index (κ2) is 7.63. The zero-order valence-corrected chi connectivity index (χ0v) is 18.5. The monoisotopic (exact) mass is 424 g/mol. The summed E-state index contributed by atoms with van der Waals surface area (Å²) in [6.07, 6.45) is 0. The van der Waals surface area contributed by atoms with Crippen molar-refractivity contribution in [1.82, 2.24) is 4.57 Å². The van der Waals surface area contributed by atoms with Gasteiger partial charge in [-0.15, -0.1) is 0 Å². The van der Waals surface area contributed by atoms with E-state index in [1.807, 2.05) is 32.3 Å². The van der Waals surface area contributed by atoms with Crippen LogP contribution in [-0.2, 0) is 27.2 Å². The van der Waals surface area contributed by atoms with Crippen LogP contribution >= 0.6 is 22.9 Å². The number of rotatable bonds is 5. The van der Waals surface area contributed by atoms with Crippen LogP contribution in [-0.4, -0.2) is 31.3 Å². The van der Waals surface area contributed by atoms with Crippen LogP contribution in [0.1, 0.15) is 48.6 Å². The van der Waals surface area contributed by atoms with E-state index in [2.05, 4.69) is 4.99 Å². The van der Waals surface area contributed by atoms with Crippen LogP contribution in [0.3, 0.4) is 0 Å². The van der Waals surface area contributed by atoms with E-state index in [-0.39, 0.29) is 0 Å². The predicted octanol–water partition coefficient (Wildman–Crippen LogP) is 4.10. The second-order valence-electron chi connectivity index (χ2n) is 7.59. The van der Waals surface area contributed by atoms with E-state index >= 15 is 0 Å². The van der Waals surface area contributed by atoms with Gasteiger partial charge in [0.25, 0.3) is 5.91 Å². The fourth-order valence-corrected chi connectivity index (χ4v) is 5.14. The third-order valence-electron chi connectivity index (χ3n) is 4.64. The summed E-state index contributed by atoms with van der Waals surface area (Å²) in [6, 6.07) is 4.92. The van der Waals surface area contributed by atoms with Crippen molar-refractivity contribution in [3.05, 3.63) is 44.2 Å². The van der Waals surface area contributed by atoms with E-state index in [9.17, 15) is 4.79 Å². The Kier molecular flexibility index (Phi) is 5.74. The number of benzene rings is 1. The number of ether oxygens (including phenoxy) is 3. The van der Waals surface area contributed by atoms with E-state index in [1.54, 1.807) is 25.3 Å². The van der Waals surface area contributed by atoms with Crippen molar-refractivity contribution < 1.29 is 19.0 Å². The summed E-state index contributed by atoms with van der Waals surface area (Å²) < 4.78 is 18.8. The van der Waals surface area contributed by atoms with Crippen molar-refractivity contribution >= 4 is 28.8 Å². The topological polar surface area (TPSA) is 62.1 Å². The molecule has 1 amide bonds. The number of hydrogen-bond acceptors (Lipinski definition) is 5. The first kappa shape index (κ1) is 21.0. The predicted molar refractivity (Wildman–Crippen MR) is 109 cm³/mol. The summed E-state index contributed by atoms with van der Waals surface area (Å²) in [5.41, 5.74) is 0.414. The molecule has 1 aromatic carbocycles. The molecular weight excluding hydrogens is 400 g/mol. The van der Waals surface area contributed by atoms with Crippen molar-refractivity contribution in [2.45, 2.75) is 45.4 Å². The Morgan fingerprint density at radius 2 is 1.96 bits per heavy atom. The molecule has 6 nitrogen and oxygen atoms in total. The molecule has 0 radical (unpaired) electrons. The van der Waals surface area contributed by atoms with Crippen molar-refractivity contribution in [3.8, 4) is 5.75 Å². The van der Waals surface area contributed by atoms with Gasteiger partial charge in [-0.3, -0.25) is 4.79 Å². The molecule has 28 heavy (non-hydrogen) atoms. The third-order valence-corrected chi connectivity index (χ3v) is 6.26. The van der Waals surface area contributed by atoms with E-state index in [1.165, 1.54) is 18.4 Å². The zero-order valence-electron chi connectivity index (χ0n) is 17.0. The molecule has 152 valence electrons. The molecule has 8 heteroatoms. The van der Waals surface area contributed by atoms with Gasteiger partial charge in [-0.25, -0.2) is 0 Å². The maximum absolute atomic E-state index is 12.9. The number of methoxy groups -OCH3 is 2. The number of carbonyl (C=O) groups excluding carboxylic acids is 1. The smallest absolute Gasteiger partial charge is 0.283 e. The lowest BCUT2D eigenvalue weighted by atomic mass is 10.0. The molecule has 0 N–H and O–H groups in total. The SMILES string of the molecule is COCCn1c2c(sc1=NC(=O)c1cc(Cl)ccc1OC)C(C)(C)OC2(C)C. The molecule has 0 fully saturated rings. The summed E-state index contributed by atoms with van der Waals surface area (Å²) in [5.74, 6) is 0.0386. The Balaban J connectivity index is 2.17. The van der Waals surface area contributed by atoms with Gasteiger partial charge in [0.2, 0.25) is 0 Å². The first-order valence-corrected chi connectivity index (χ1v) is 10.2. The highest BCUT2D eigenvalue weighted by Crippen LogP contribution is 2.47. The lowest BCUT2D eigenvalue weighted by Gasteiger charge is -2.26. The molecule has 1 aliphatic heterocycles. The number of thiazole rings is 1. The summed E-state index contributed by atoms with van der Waals surface area (Å²) in [7, 11) is 3.17. The Hall–Kier alpha value is -1.67. The van der Waals surface area contributed by atoms with Gasteiger partial charge in [0.15, 0.2) is 4.80 Å². The van der Waals surface area contributed by atoms with Crippen LogP contribution in [0.15, 0.2) is 23.2 Å². The molecule has 0 bridgehead atoms. The highest BCUT2D eigenvalue weighted by molar-refractivity contribution is 7.09. The summed E-state index contributed by atoms with van der Waals surface area (Å²) >= 11 is 7.54. The summed E-state index contributed by atoms with van der Waals surface area (Å²) in [4.78, 5) is 19.0. The quantitative estimate of drug-likeness (QED) is 0.724. The number of hydrogen-bond donors (Lipinski definition) is 0. The maximum Gasteiger partial charge on any atom is 0.283 e. The van der Waals surface area contributed by atoms with Gasteiger partial charge in [0.1, 0.15) is 11.4 Å². The maximum atomic E-state index is 12.9. The second-order valence-corrected chi connectivity index (χ2v) is 9.01. The number of fused-ring (bicyclic) bond motifs is 1. The molecule has 1 aliphatic rings. The summed E-state index contributed by atoms with van der Waals surface area (Å²) in [5, 5.41) is 0.455. The highest BCUT2D eigenvalue weighted by Gasteiger charge is 2.47. The van der Waals surface area contributed by atoms with Gasteiger partial charge in [0, 0.05) is 18.7 Å². The Bertz CT molecular complexity index is 975. The van der Waals surface area contributed by atoms with Crippen molar-refractivity contribution in [2.24, 2.45) is 4.99 Å². The largest absolute Gasteiger partial charge is 0.496 e. The molecule has 0 saturated carbocycles. The molecule has 0 atom stereocenters. The fraction of sp³-hybridized carbons (Fsp3) is 0.500. The number of nitrogens with zero attached hydrogens (tertiary/aromatic N) is 2. The van der Waals surface area contributed by atoms with Gasteiger partial charge in [-0.05, 0) is 45.9 Å². The molecule has 0 aliphatic carbocycles. The average molecular weight is 425 g/mol. The minimum atomic E-state index is -0.492. The van der Waals surface area contributed by atoms with Gasteiger partial charge in [0.05, 0.1) is 35.5 Å². The van der Waals surface area contributed by atoms with Crippen LogP contribution in [0, 0.1) is 0 Å². The first-order chi connectivity index (χ1) is 13.1.